The van der Waals surface area contributed by atoms with Crippen LogP contribution in [0.25, 0.3) is 11.3 Å². The number of hydrogen-bond acceptors (Lipinski definition) is 5. The molecule has 1 amide bonds. The van der Waals surface area contributed by atoms with Crippen LogP contribution in [0.5, 0.6) is 0 Å². The molecule has 138 valence electrons. The monoisotopic (exact) mass is 364 g/mol. The number of rotatable bonds is 4. The van der Waals surface area contributed by atoms with E-state index in [2.05, 4.69) is 4.98 Å². The minimum absolute atomic E-state index is 0.180. The predicted octanol–water partition coefficient (Wildman–Crippen LogP) is 3.79. The molecule has 6 heteroatoms. The Morgan fingerprint density at radius 1 is 1.15 bits per heavy atom. The van der Waals surface area contributed by atoms with Gasteiger partial charge in [0.1, 0.15) is 12.6 Å². The third kappa shape index (κ3) is 3.85. The number of carbonyl (C=O) groups is 1. The van der Waals surface area contributed by atoms with Gasteiger partial charge < -0.3 is 14.3 Å². The van der Waals surface area contributed by atoms with Crippen molar-refractivity contribution >= 4 is 6.09 Å². The second-order valence-electron chi connectivity index (χ2n) is 6.53. The molecule has 0 bridgehead atoms. The number of oxazole rings is 1. The zero-order chi connectivity index (χ0) is 18.6. The Hall–Kier alpha value is -3.12. The summed E-state index contributed by atoms with van der Waals surface area (Å²) < 4.78 is 11.3. The molecule has 2 aromatic carbocycles. The highest BCUT2D eigenvalue weighted by molar-refractivity contribution is 5.68. The Labute approximate surface area is 157 Å². The first-order chi connectivity index (χ1) is 13.2. The first-order valence-electron chi connectivity index (χ1n) is 8.87. The van der Waals surface area contributed by atoms with Gasteiger partial charge in [-0.1, -0.05) is 60.7 Å². The number of β-amino-alcohol motifs (C(OH)–C–C–N with tert-alkyl or cyclic N) is 1. The average molecular weight is 364 g/mol. The van der Waals surface area contributed by atoms with Gasteiger partial charge in [-0.3, -0.25) is 4.90 Å². The zero-order valence-electron chi connectivity index (χ0n) is 14.7. The lowest BCUT2D eigenvalue weighted by molar-refractivity contribution is 0.0842. The summed E-state index contributed by atoms with van der Waals surface area (Å²) in [6, 6.07) is 18.7. The van der Waals surface area contributed by atoms with E-state index < -0.39 is 18.2 Å². The molecule has 6 nitrogen and oxygen atoms in total. The number of benzene rings is 2. The Bertz CT molecular complexity index is 895. The number of likely N-dealkylation sites (tertiary alicyclic amines) is 1. The topological polar surface area (TPSA) is 75.8 Å². The van der Waals surface area contributed by atoms with Gasteiger partial charge in [-0.25, -0.2) is 9.78 Å². The van der Waals surface area contributed by atoms with Crippen LogP contribution in [-0.4, -0.2) is 33.7 Å². The largest absolute Gasteiger partial charge is 0.445 e. The molecule has 0 radical (unpaired) electrons. The number of aromatic nitrogens is 1. The van der Waals surface area contributed by atoms with Crippen LogP contribution in [-0.2, 0) is 11.3 Å². The van der Waals surface area contributed by atoms with Gasteiger partial charge in [-0.15, -0.1) is 0 Å². The third-order valence-corrected chi connectivity index (χ3v) is 4.59. The molecule has 0 saturated carbocycles. The van der Waals surface area contributed by atoms with E-state index in [1.165, 1.54) is 4.90 Å². The molecule has 0 spiro atoms. The van der Waals surface area contributed by atoms with Gasteiger partial charge in [0.25, 0.3) is 0 Å². The number of hydrogen-bond donors (Lipinski definition) is 1. The van der Waals surface area contributed by atoms with Crippen molar-refractivity contribution in [3.05, 3.63) is 78.3 Å². The molecule has 2 heterocycles. The van der Waals surface area contributed by atoms with Crippen molar-refractivity contribution in [2.75, 3.05) is 6.54 Å². The first kappa shape index (κ1) is 17.3. The summed E-state index contributed by atoms with van der Waals surface area (Å²) in [4.78, 5) is 18.4. The van der Waals surface area contributed by atoms with Crippen molar-refractivity contribution in [2.45, 2.75) is 25.2 Å². The summed E-state index contributed by atoms with van der Waals surface area (Å²) in [6.07, 6.45) is 0.893. The highest BCUT2D eigenvalue weighted by Crippen LogP contribution is 2.34. The number of nitrogens with zero attached hydrogens (tertiary/aromatic N) is 2. The first-order valence-corrected chi connectivity index (χ1v) is 8.87. The maximum Gasteiger partial charge on any atom is 0.410 e. The fourth-order valence-electron chi connectivity index (χ4n) is 3.23. The van der Waals surface area contributed by atoms with Crippen LogP contribution in [0.2, 0.25) is 0 Å². The van der Waals surface area contributed by atoms with Gasteiger partial charge in [0, 0.05) is 12.0 Å². The fourth-order valence-corrected chi connectivity index (χ4v) is 3.23. The minimum Gasteiger partial charge on any atom is -0.445 e. The van der Waals surface area contributed by atoms with Crippen LogP contribution in [0, 0.1) is 0 Å². The lowest BCUT2D eigenvalue weighted by atomic mass is 10.2. The molecule has 2 atom stereocenters. The maximum absolute atomic E-state index is 12.5. The normalized spacial score (nSPS) is 19.2. The van der Waals surface area contributed by atoms with E-state index in [4.69, 9.17) is 9.15 Å². The van der Waals surface area contributed by atoms with Crippen LogP contribution in [0.15, 0.2) is 71.3 Å². The molecule has 1 aromatic heterocycles. The van der Waals surface area contributed by atoms with E-state index in [0.29, 0.717) is 18.1 Å². The average Bonchev–Trinajstić information content (AvgIpc) is 3.34. The molecule has 0 aliphatic carbocycles. The summed E-state index contributed by atoms with van der Waals surface area (Å²) in [5, 5.41) is 10.1. The highest BCUT2D eigenvalue weighted by Gasteiger charge is 2.39. The lowest BCUT2D eigenvalue weighted by Crippen LogP contribution is -2.32. The standard InChI is InChI=1S/C21H20N2O4/c24-17-11-18(20-22-12-19(27-20)16-9-5-2-6-10-16)23(13-17)21(25)26-14-15-7-3-1-4-8-15/h1-10,12,17-18,24H,11,13-14H2. The number of ether oxygens (including phenoxy) is 1. The molecule has 1 aliphatic heterocycles. The summed E-state index contributed by atoms with van der Waals surface area (Å²) >= 11 is 0. The zero-order valence-corrected chi connectivity index (χ0v) is 14.7. The number of amides is 1. The van der Waals surface area contributed by atoms with E-state index in [-0.39, 0.29) is 13.2 Å². The van der Waals surface area contributed by atoms with Crippen LogP contribution < -0.4 is 0 Å². The maximum atomic E-state index is 12.5. The van der Waals surface area contributed by atoms with Crippen LogP contribution in [0.4, 0.5) is 4.79 Å². The fraction of sp³-hybridized carbons (Fsp3) is 0.238. The molecule has 1 saturated heterocycles. The molecular weight excluding hydrogens is 344 g/mol. The van der Waals surface area contributed by atoms with E-state index in [9.17, 15) is 9.90 Å². The molecule has 4 rings (SSSR count). The van der Waals surface area contributed by atoms with Crippen LogP contribution >= 0.6 is 0 Å². The second-order valence-corrected chi connectivity index (χ2v) is 6.53. The van der Waals surface area contributed by atoms with Gasteiger partial charge >= 0.3 is 6.09 Å². The van der Waals surface area contributed by atoms with Crippen molar-refractivity contribution < 1.29 is 19.1 Å². The lowest BCUT2D eigenvalue weighted by Gasteiger charge is -2.21. The Balaban J connectivity index is 1.48. The summed E-state index contributed by atoms with van der Waals surface area (Å²) in [5.41, 5.74) is 1.82. The predicted molar refractivity (Wildman–Crippen MR) is 98.6 cm³/mol. The van der Waals surface area contributed by atoms with Crippen molar-refractivity contribution in [1.29, 1.82) is 0 Å². The quantitative estimate of drug-likeness (QED) is 0.762. The molecule has 1 fully saturated rings. The van der Waals surface area contributed by atoms with E-state index >= 15 is 0 Å². The van der Waals surface area contributed by atoms with Gasteiger partial charge in [0.05, 0.1) is 18.8 Å². The summed E-state index contributed by atoms with van der Waals surface area (Å²) in [6.45, 7) is 0.376. The van der Waals surface area contributed by atoms with Crippen LogP contribution in [0.3, 0.4) is 0 Å². The number of aliphatic hydroxyl groups is 1. The SMILES string of the molecule is O=C(OCc1ccccc1)N1CC(O)CC1c1ncc(-c2ccccc2)o1. The van der Waals surface area contributed by atoms with Gasteiger partial charge in [-0.2, -0.15) is 0 Å². The third-order valence-electron chi connectivity index (χ3n) is 4.59. The van der Waals surface area contributed by atoms with E-state index in [1.807, 2.05) is 60.7 Å². The second kappa shape index (κ2) is 7.63. The van der Waals surface area contributed by atoms with Crippen molar-refractivity contribution in [1.82, 2.24) is 9.88 Å². The van der Waals surface area contributed by atoms with Crippen molar-refractivity contribution in [3.63, 3.8) is 0 Å². The molecule has 3 aromatic rings. The van der Waals surface area contributed by atoms with E-state index in [1.54, 1.807) is 6.20 Å². The van der Waals surface area contributed by atoms with Gasteiger partial charge in [0.2, 0.25) is 5.89 Å². The summed E-state index contributed by atoms with van der Waals surface area (Å²) in [7, 11) is 0. The van der Waals surface area contributed by atoms with Crippen molar-refractivity contribution in [3.8, 4) is 11.3 Å². The van der Waals surface area contributed by atoms with Crippen LogP contribution in [0.1, 0.15) is 23.9 Å². The highest BCUT2D eigenvalue weighted by atomic mass is 16.6. The number of carbonyl (C=O) groups excluding carboxylic acids is 1. The van der Waals surface area contributed by atoms with E-state index in [0.717, 1.165) is 11.1 Å². The van der Waals surface area contributed by atoms with Gasteiger partial charge in [0.15, 0.2) is 5.76 Å². The molecule has 2 unspecified atom stereocenters. The Morgan fingerprint density at radius 3 is 2.59 bits per heavy atom. The van der Waals surface area contributed by atoms with Crippen molar-refractivity contribution in [2.24, 2.45) is 0 Å². The Kier molecular flexibility index (Phi) is 4.89. The molecule has 1 aliphatic rings. The van der Waals surface area contributed by atoms with Gasteiger partial charge in [-0.05, 0) is 5.56 Å². The molecule has 27 heavy (non-hydrogen) atoms. The number of aliphatic hydroxyl groups excluding tert-OH is 1. The Morgan fingerprint density at radius 2 is 1.85 bits per heavy atom. The smallest absolute Gasteiger partial charge is 0.410 e. The molecule has 1 N–H and O–H groups in total. The minimum atomic E-state index is -0.633. The summed E-state index contributed by atoms with van der Waals surface area (Å²) in [5.74, 6) is 1.03. The molecular formula is C21H20N2O4.